The Kier molecular flexibility index (Phi) is 5.69. The molecule has 1 unspecified atom stereocenters. The second-order valence-electron chi connectivity index (χ2n) is 5.53. The molecule has 0 heterocycles. The number of carbonyl (C=O) groups is 1. The molecule has 0 saturated heterocycles. The maximum absolute atomic E-state index is 13.0. The normalized spacial score (nSPS) is 12.6. The first-order valence-electron chi connectivity index (χ1n) is 6.85. The fourth-order valence-corrected chi connectivity index (χ4v) is 2.12. The van der Waals surface area contributed by atoms with Gasteiger partial charge in [-0.15, -0.1) is 0 Å². The summed E-state index contributed by atoms with van der Waals surface area (Å²) in [5.74, 6) is -0.381. The minimum absolute atomic E-state index is 0.0510. The van der Waals surface area contributed by atoms with Gasteiger partial charge in [0.15, 0.2) is 0 Å². The minimum Gasteiger partial charge on any atom is -0.338 e. The van der Waals surface area contributed by atoms with E-state index in [2.05, 4.69) is 5.32 Å². The number of benzene rings is 1. The van der Waals surface area contributed by atoms with E-state index in [1.807, 2.05) is 13.0 Å². The molecule has 0 aromatic heterocycles. The Bertz CT molecular complexity index is 488. The van der Waals surface area contributed by atoms with Gasteiger partial charge in [0, 0.05) is 6.42 Å². The molecular weight excluding hydrogens is 255 g/mol. The maximum atomic E-state index is 13.0. The molecule has 1 N–H and O–H groups in total. The van der Waals surface area contributed by atoms with Crippen molar-refractivity contribution >= 4 is 5.91 Å². The second-order valence-corrected chi connectivity index (χ2v) is 5.53. The molecule has 0 fully saturated rings. The lowest BCUT2D eigenvalue weighted by molar-refractivity contribution is -0.122. The van der Waals surface area contributed by atoms with Gasteiger partial charge in [-0.3, -0.25) is 4.79 Å². The van der Waals surface area contributed by atoms with Crippen LogP contribution in [0, 0.1) is 17.1 Å². The predicted molar refractivity (Wildman–Crippen MR) is 76.5 cm³/mol. The van der Waals surface area contributed by atoms with Crippen LogP contribution in [0.5, 0.6) is 0 Å². The Morgan fingerprint density at radius 3 is 2.50 bits per heavy atom. The zero-order chi connectivity index (χ0) is 15.2. The first-order valence-corrected chi connectivity index (χ1v) is 6.85. The summed E-state index contributed by atoms with van der Waals surface area (Å²) in [7, 11) is 0. The van der Waals surface area contributed by atoms with Crippen LogP contribution in [0.3, 0.4) is 0 Å². The SMILES string of the molecule is CCCC(CC(=O)NC(C)(C)C#N)c1ccc(F)cc1. The summed E-state index contributed by atoms with van der Waals surface area (Å²) in [6.45, 7) is 5.38. The predicted octanol–water partition coefficient (Wildman–Crippen LogP) is 3.52. The third kappa shape index (κ3) is 5.00. The number of halogens is 1. The quantitative estimate of drug-likeness (QED) is 0.864. The molecule has 1 rings (SSSR count). The van der Waals surface area contributed by atoms with Gasteiger partial charge in [0.2, 0.25) is 5.91 Å². The summed E-state index contributed by atoms with van der Waals surface area (Å²) in [5.41, 5.74) is 0.0922. The Labute approximate surface area is 119 Å². The first-order chi connectivity index (χ1) is 9.38. The van der Waals surface area contributed by atoms with Crippen molar-refractivity contribution in [3.63, 3.8) is 0 Å². The van der Waals surface area contributed by atoms with Gasteiger partial charge in [-0.25, -0.2) is 4.39 Å². The Hall–Kier alpha value is -1.89. The molecule has 1 atom stereocenters. The monoisotopic (exact) mass is 276 g/mol. The highest BCUT2D eigenvalue weighted by atomic mass is 19.1. The Balaban J connectivity index is 2.75. The average Bonchev–Trinajstić information content (AvgIpc) is 2.38. The highest BCUT2D eigenvalue weighted by Gasteiger charge is 2.22. The van der Waals surface area contributed by atoms with E-state index in [0.29, 0.717) is 6.42 Å². The van der Waals surface area contributed by atoms with Crippen LogP contribution < -0.4 is 5.32 Å². The van der Waals surface area contributed by atoms with Crippen LogP contribution in [-0.4, -0.2) is 11.4 Å². The number of hydrogen-bond acceptors (Lipinski definition) is 2. The van der Waals surface area contributed by atoms with Gasteiger partial charge in [0.1, 0.15) is 11.4 Å². The van der Waals surface area contributed by atoms with E-state index in [4.69, 9.17) is 5.26 Å². The van der Waals surface area contributed by atoms with E-state index < -0.39 is 5.54 Å². The van der Waals surface area contributed by atoms with E-state index in [9.17, 15) is 9.18 Å². The molecule has 4 heteroatoms. The molecule has 0 bridgehead atoms. The third-order valence-corrected chi connectivity index (χ3v) is 3.14. The van der Waals surface area contributed by atoms with Crippen LogP contribution in [0.4, 0.5) is 4.39 Å². The molecule has 0 aliphatic heterocycles. The van der Waals surface area contributed by atoms with Crippen molar-refractivity contribution in [2.24, 2.45) is 0 Å². The molecule has 20 heavy (non-hydrogen) atoms. The van der Waals surface area contributed by atoms with Gasteiger partial charge in [-0.05, 0) is 43.9 Å². The summed E-state index contributed by atoms with van der Waals surface area (Å²) >= 11 is 0. The van der Waals surface area contributed by atoms with E-state index in [0.717, 1.165) is 18.4 Å². The summed E-state index contributed by atoms with van der Waals surface area (Å²) in [6.07, 6.45) is 2.10. The number of rotatable bonds is 6. The van der Waals surface area contributed by atoms with Crippen molar-refractivity contribution in [1.29, 1.82) is 5.26 Å². The molecular formula is C16H21FN2O. The molecule has 1 aromatic rings. The van der Waals surface area contributed by atoms with Crippen molar-refractivity contribution in [1.82, 2.24) is 5.32 Å². The Morgan fingerprint density at radius 1 is 1.40 bits per heavy atom. The Morgan fingerprint density at radius 2 is 2.00 bits per heavy atom. The topological polar surface area (TPSA) is 52.9 Å². The summed E-state index contributed by atoms with van der Waals surface area (Å²) in [4.78, 5) is 12.0. The first kappa shape index (κ1) is 16.2. The van der Waals surface area contributed by atoms with E-state index in [-0.39, 0.29) is 17.6 Å². The zero-order valence-corrected chi connectivity index (χ0v) is 12.2. The van der Waals surface area contributed by atoms with E-state index >= 15 is 0 Å². The molecule has 0 spiro atoms. The van der Waals surface area contributed by atoms with Crippen LogP contribution in [-0.2, 0) is 4.79 Å². The van der Waals surface area contributed by atoms with Gasteiger partial charge in [-0.1, -0.05) is 25.5 Å². The van der Waals surface area contributed by atoms with Crippen molar-refractivity contribution in [2.45, 2.75) is 51.5 Å². The minimum atomic E-state index is -0.864. The third-order valence-electron chi connectivity index (χ3n) is 3.14. The van der Waals surface area contributed by atoms with E-state index in [1.54, 1.807) is 26.0 Å². The highest BCUT2D eigenvalue weighted by Crippen LogP contribution is 2.25. The number of hydrogen-bond donors (Lipinski definition) is 1. The van der Waals surface area contributed by atoms with Crippen LogP contribution >= 0.6 is 0 Å². The highest BCUT2D eigenvalue weighted by molar-refractivity contribution is 5.78. The maximum Gasteiger partial charge on any atom is 0.221 e. The van der Waals surface area contributed by atoms with Gasteiger partial charge >= 0.3 is 0 Å². The molecule has 108 valence electrons. The molecule has 1 aromatic carbocycles. The fourth-order valence-electron chi connectivity index (χ4n) is 2.12. The van der Waals surface area contributed by atoms with Crippen LogP contribution in [0.25, 0.3) is 0 Å². The summed E-state index contributed by atoms with van der Waals surface area (Å²) in [5, 5.41) is 11.6. The van der Waals surface area contributed by atoms with Crippen LogP contribution in [0.15, 0.2) is 24.3 Å². The van der Waals surface area contributed by atoms with Crippen molar-refractivity contribution < 1.29 is 9.18 Å². The molecule has 3 nitrogen and oxygen atoms in total. The van der Waals surface area contributed by atoms with Crippen LogP contribution in [0.1, 0.15) is 51.5 Å². The summed E-state index contributed by atoms with van der Waals surface area (Å²) < 4.78 is 13.0. The van der Waals surface area contributed by atoms with Gasteiger partial charge in [-0.2, -0.15) is 5.26 Å². The number of nitrogens with zero attached hydrogens (tertiary/aromatic N) is 1. The lowest BCUT2D eigenvalue weighted by atomic mass is 9.90. The number of carbonyl (C=O) groups excluding carboxylic acids is 1. The lowest BCUT2D eigenvalue weighted by Crippen LogP contribution is -2.42. The molecule has 0 aliphatic rings. The van der Waals surface area contributed by atoms with Crippen LogP contribution in [0.2, 0.25) is 0 Å². The van der Waals surface area contributed by atoms with Gasteiger partial charge in [0.25, 0.3) is 0 Å². The summed E-state index contributed by atoms with van der Waals surface area (Å²) in [6, 6.07) is 8.31. The molecule has 0 aliphatic carbocycles. The average molecular weight is 276 g/mol. The molecule has 0 saturated carbocycles. The fraction of sp³-hybridized carbons (Fsp3) is 0.500. The molecule has 0 radical (unpaired) electrons. The smallest absolute Gasteiger partial charge is 0.221 e. The number of nitriles is 1. The van der Waals surface area contributed by atoms with Crippen molar-refractivity contribution in [3.8, 4) is 6.07 Å². The van der Waals surface area contributed by atoms with Gasteiger partial charge in [0.05, 0.1) is 6.07 Å². The largest absolute Gasteiger partial charge is 0.338 e. The van der Waals surface area contributed by atoms with Crippen molar-refractivity contribution in [2.75, 3.05) is 0 Å². The van der Waals surface area contributed by atoms with Gasteiger partial charge < -0.3 is 5.32 Å². The number of amides is 1. The lowest BCUT2D eigenvalue weighted by Gasteiger charge is -2.21. The van der Waals surface area contributed by atoms with Crippen molar-refractivity contribution in [3.05, 3.63) is 35.6 Å². The standard InChI is InChI=1S/C16H21FN2O/c1-4-5-13(12-6-8-14(17)9-7-12)10-15(20)19-16(2,3)11-18/h6-9,13H,4-5,10H2,1-3H3,(H,19,20). The second kappa shape index (κ2) is 7.04. The zero-order valence-electron chi connectivity index (χ0n) is 12.2. The van der Waals surface area contributed by atoms with E-state index in [1.165, 1.54) is 12.1 Å². The molecule has 1 amide bonds. The number of nitrogens with one attached hydrogen (secondary N) is 1.